The lowest BCUT2D eigenvalue weighted by atomic mass is 9.93. The van der Waals surface area contributed by atoms with Crippen molar-refractivity contribution < 1.29 is 19.8 Å². The van der Waals surface area contributed by atoms with E-state index >= 15 is 0 Å². The van der Waals surface area contributed by atoms with Gasteiger partial charge >= 0.3 is 12.0 Å². The van der Waals surface area contributed by atoms with E-state index in [1.165, 1.54) is 6.42 Å². The number of carboxylic acid groups (broad SMARTS) is 1. The van der Waals surface area contributed by atoms with Crippen molar-refractivity contribution in [3.8, 4) is 0 Å². The number of aliphatic carboxylic acids is 1. The van der Waals surface area contributed by atoms with Gasteiger partial charge in [-0.05, 0) is 18.8 Å². The summed E-state index contributed by atoms with van der Waals surface area (Å²) in [6.07, 6.45) is 4.28. The Labute approximate surface area is 107 Å². The quantitative estimate of drug-likeness (QED) is 0.675. The molecule has 1 fully saturated rings. The first-order valence-electron chi connectivity index (χ1n) is 6.47. The van der Waals surface area contributed by atoms with Crippen molar-refractivity contribution in [3.05, 3.63) is 0 Å². The van der Waals surface area contributed by atoms with Gasteiger partial charge in [0.1, 0.15) is 0 Å². The number of hydrogen-bond donors (Lipinski definition) is 3. The van der Waals surface area contributed by atoms with Crippen molar-refractivity contribution in [1.29, 1.82) is 0 Å². The predicted octanol–water partition coefficient (Wildman–Crippen LogP) is 0.654. The summed E-state index contributed by atoms with van der Waals surface area (Å²) in [5.41, 5.74) is 0. The lowest BCUT2D eigenvalue weighted by Gasteiger charge is -2.32. The lowest BCUT2D eigenvalue weighted by molar-refractivity contribution is -0.140. The van der Waals surface area contributed by atoms with Crippen molar-refractivity contribution in [1.82, 2.24) is 10.2 Å². The maximum absolute atomic E-state index is 11.8. The van der Waals surface area contributed by atoms with Crippen LogP contribution in [-0.2, 0) is 4.79 Å². The van der Waals surface area contributed by atoms with Crippen LogP contribution in [0.4, 0.5) is 4.79 Å². The summed E-state index contributed by atoms with van der Waals surface area (Å²) in [6.45, 7) is 2.88. The average molecular weight is 258 g/mol. The van der Waals surface area contributed by atoms with E-state index in [1.807, 2.05) is 0 Å². The minimum absolute atomic E-state index is 0.397. The van der Waals surface area contributed by atoms with Crippen LogP contribution in [0.3, 0.4) is 0 Å². The van der Waals surface area contributed by atoms with Crippen molar-refractivity contribution in [3.63, 3.8) is 0 Å². The van der Waals surface area contributed by atoms with E-state index < -0.39 is 24.6 Å². The van der Waals surface area contributed by atoms with E-state index in [2.05, 4.69) is 12.2 Å². The zero-order valence-electron chi connectivity index (χ0n) is 10.8. The maximum atomic E-state index is 11.8. The highest BCUT2D eigenvalue weighted by Gasteiger charge is 2.25. The molecule has 6 nitrogen and oxygen atoms in total. The fourth-order valence-electron chi connectivity index (χ4n) is 2.26. The molecule has 0 aliphatic carbocycles. The first kappa shape index (κ1) is 14.8. The molecule has 0 unspecified atom stereocenters. The number of carboxylic acids is 1. The second kappa shape index (κ2) is 7.20. The van der Waals surface area contributed by atoms with Gasteiger partial charge in [0.05, 0.1) is 6.61 Å². The molecule has 18 heavy (non-hydrogen) atoms. The number of piperidine rings is 1. The molecule has 0 aromatic rings. The molecule has 2 amide bonds. The standard InChI is InChI=1S/C12H22N2O4/c1-2-3-9-4-6-14(7-5-9)12(18)13-10(8-15)11(16)17/h9-10,15H,2-8H2,1H3,(H,13,18)(H,16,17)/t10-/m1/s1. The smallest absolute Gasteiger partial charge is 0.328 e. The second-order valence-electron chi connectivity index (χ2n) is 4.74. The second-order valence-corrected chi connectivity index (χ2v) is 4.74. The van der Waals surface area contributed by atoms with Gasteiger partial charge in [-0.2, -0.15) is 0 Å². The number of carbonyl (C=O) groups excluding carboxylic acids is 1. The van der Waals surface area contributed by atoms with Crippen LogP contribution in [-0.4, -0.2) is 52.9 Å². The van der Waals surface area contributed by atoms with E-state index in [9.17, 15) is 9.59 Å². The van der Waals surface area contributed by atoms with Gasteiger partial charge in [-0.1, -0.05) is 19.8 Å². The van der Waals surface area contributed by atoms with Gasteiger partial charge in [0.15, 0.2) is 6.04 Å². The number of nitrogens with one attached hydrogen (secondary N) is 1. The number of amides is 2. The molecule has 6 heteroatoms. The number of hydrogen-bond acceptors (Lipinski definition) is 3. The molecule has 3 N–H and O–H groups in total. The number of carbonyl (C=O) groups is 2. The van der Waals surface area contributed by atoms with Crippen molar-refractivity contribution in [2.75, 3.05) is 19.7 Å². The summed E-state index contributed by atoms with van der Waals surface area (Å²) in [6, 6.07) is -1.61. The number of aliphatic hydroxyl groups is 1. The van der Waals surface area contributed by atoms with Gasteiger partial charge in [-0.3, -0.25) is 0 Å². The van der Waals surface area contributed by atoms with Crippen LogP contribution in [0.1, 0.15) is 32.6 Å². The first-order valence-corrected chi connectivity index (χ1v) is 6.47. The van der Waals surface area contributed by atoms with Gasteiger partial charge in [-0.25, -0.2) is 9.59 Å². The molecule has 1 heterocycles. The van der Waals surface area contributed by atoms with E-state index in [1.54, 1.807) is 4.90 Å². The minimum Gasteiger partial charge on any atom is -0.480 e. The van der Waals surface area contributed by atoms with Gasteiger partial charge in [0.2, 0.25) is 0 Å². The number of likely N-dealkylation sites (tertiary alicyclic amines) is 1. The fourth-order valence-corrected chi connectivity index (χ4v) is 2.26. The molecular weight excluding hydrogens is 236 g/mol. The number of aliphatic hydroxyl groups excluding tert-OH is 1. The SMILES string of the molecule is CCCC1CCN(C(=O)N[C@H](CO)C(=O)O)CC1. The molecule has 0 spiro atoms. The molecule has 0 saturated carbocycles. The van der Waals surface area contributed by atoms with Gasteiger partial charge in [-0.15, -0.1) is 0 Å². The Morgan fingerprint density at radius 1 is 1.39 bits per heavy atom. The Morgan fingerprint density at radius 3 is 2.44 bits per heavy atom. The minimum atomic E-state index is -1.22. The molecule has 1 saturated heterocycles. The van der Waals surface area contributed by atoms with Gasteiger partial charge in [0, 0.05) is 13.1 Å². The van der Waals surface area contributed by atoms with E-state index in [0.29, 0.717) is 19.0 Å². The fraction of sp³-hybridized carbons (Fsp3) is 0.833. The molecule has 0 aromatic heterocycles. The van der Waals surface area contributed by atoms with Crippen LogP contribution in [0.2, 0.25) is 0 Å². The van der Waals surface area contributed by atoms with Crippen molar-refractivity contribution >= 4 is 12.0 Å². The zero-order chi connectivity index (χ0) is 13.5. The van der Waals surface area contributed by atoms with Gasteiger partial charge in [0.25, 0.3) is 0 Å². The lowest BCUT2D eigenvalue weighted by Crippen LogP contribution is -2.51. The monoisotopic (exact) mass is 258 g/mol. The normalized spacial score (nSPS) is 18.4. The Bertz CT molecular complexity index is 288. The van der Waals surface area contributed by atoms with Crippen molar-refractivity contribution in [2.24, 2.45) is 5.92 Å². The summed E-state index contributed by atoms with van der Waals surface area (Å²) < 4.78 is 0. The van der Waals surface area contributed by atoms with Gasteiger partial charge < -0.3 is 20.4 Å². The Balaban J connectivity index is 2.38. The average Bonchev–Trinajstić information content (AvgIpc) is 2.36. The summed E-state index contributed by atoms with van der Waals surface area (Å²) in [5, 5.41) is 19.9. The molecule has 1 rings (SSSR count). The van der Waals surface area contributed by atoms with Crippen LogP contribution < -0.4 is 5.32 Å². The molecule has 0 bridgehead atoms. The van der Waals surface area contributed by atoms with Crippen LogP contribution in [0, 0.1) is 5.92 Å². The third kappa shape index (κ3) is 4.18. The number of rotatable bonds is 5. The molecule has 0 radical (unpaired) electrons. The molecule has 1 aliphatic heterocycles. The summed E-state index contributed by atoms with van der Waals surface area (Å²) in [5.74, 6) is -0.543. The third-order valence-corrected chi connectivity index (χ3v) is 3.38. The Hall–Kier alpha value is -1.30. The largest absolute Gasteiger partial charge is 0.480 e. The third-order valence-electron chi connectivity index (χ3n) is 3.38. The highest BCUT2D eigenvalue weighted by Crippen LogP contribution is 2.21. The molecule has 1 aliphatic rings. The van der Waals surface area contributed by atoms with Crippen molar-refractivity contribution in [2.45, 2.75) is 38.6 Å². The zero-order valence-corrected chi connectivity index (χ0v) is 10.8. The van der Waals surface area contributed by atoms with E-state index in [4.69, 9.17) is 10.2 Å². The molecule has 1 atom stereocenters. The molecule has 0 aromatic carbocycles. The van der Waals surface area contributed by atoms with E-state index in [0.717, 1.165) is 19.3 Å². The highest BCUT2D eigenvalue weighted by molar-refractivity contribution is 5.82. The van der Waals surface area contributed by atoms with Crippen LogP contribution >= 0.6 is 0 Å². The molecular formula is C12H22N2O4. The topological polar surface area (TPSA) is 89.9 Å². The summed E-state index contributed by atoms with van der Waals surface area (Å²) in [4.78, 5) is 24.1. The summed E-state index contributed by atoms with van der Waals surface area (Å²) >= 11 is 0. The Morgan fingerprint density at radius 2 is 2.00 bits per heavy atom. The number of nitrogens with zero attached hydrogens (tertiary/aromatic N) is 1. The predicted molar refractivity (Wildman–Crippen MR) is 66.2 cm³/mol. The van der Waals surface area contributed by atoms with E-state index in [-0.39, 0.29) is 0 Å². The highest BCUT2D eigenvalue weighted by atomic mass is 16.4. The molecule has 104 valence electrons. The maximum Gasteiger partial charge on any atom is 0.328 e. The van der Waals surface area contributed by atoms with Crippen LogP contribution in [0.25, 0.3) is 0 Å². The first-order chi connectivity index (χ1) is 8.58. The summed E-state index contributed by atoms with van der Waals surface area (Å²) in [7, 11) is 0. The Kier molecular flexibility index (Phi) is 5.91. The van der Waals surface area contributed by atoms with Crippen LogP contribution in [0.15, 0.2) is 0 Å². The number of urea groups is 1. The van der Waals surface area contributed by atoms with Crippen LogP contribution in [0.5, 0.6) is 0 Å².